The quantitative estimate of drug-likeness (QED) is 0.201. The van der Waals surface area contributed by atoms with Gasteiger partial charge in [0.1, 0.15) is 6.33 Å². The van der Waals surface area contributed by atoms with Gasteiger partial charge < -0.3 is 19.1 Å². The second-order valence-corrected chi connectivity index (χ2v) is 12.0. The Kier molecular flexibility index (Phi) is 13.8. The van der Waals surface area contributed by atoms with Gasteiger partial charge in [-0.3, -0.25) is 14.6 Å². The molecule has 2 aromatic heterocycles. The first-order valence-corrected chi connectivity index (χ1v) is 16.1. The first-order chi connectivity index (χ1) is 23.7. The molecule has 0 radical (unpaired) electrons. The summed E-state index contributed by atoms with van der Waals surface area (Å²) in [5.41, 5.74) is 2.96. The number of hydrogen-bond acceptors (Lipinski definition) is 10. The molecule has 51 heavy (non-hydrogen) atoms. The Morgan fingerprint density at radius 3 is 2.10 bits per heavy atom. The number of ether oxygens (including phenoxy) is 3. The number of piperazine rings is 2. The molecule has 0 aliphatic carbocycles. The van der Waals surface area contributed by atoms with Crippen LogP contribution in [-0.2, 0) is 6.54 Å². The van der Waals surface area contributed by atoms with Crippen molar-refractivity contribution in [2.75, 3.05) is 53.0 Å². The number of alkyl halides is 3. The van der Waals surface area contributed by atoms with Crippen LogP contribution in [0.5, 0.6) is 17.8 Å². The van der Waals surface area contributed by atoms with Gasteiger partial charge in [-0.05, 0) is 18.1 Å². The third-order valence-electron chi connectivity index (χ3n) is 8.80. The number of methoxy groups -OCH3 is 1. The molecular formula is C35H40Cl2F3N7O4. The molecule has 16 heteroatoms. The van der Waals surface area contributed by atoms with Crippen LogP contribution in [0, 0.1) is 0 Å². The summed E-state index contributed by atoms with van der Waals surface area (Å²) in [6, 6.07) is 20.2. The average Bonchev–Trinajstić information content (AvgIpc) is 3.12. The summed E-state index contributed by atoms with van der Waals surface area (Å²) < 4.78 is 56.3. The smallest absolute Gasteiger partial charge is 0.422 e. The molecule has 2 aliphatic heterocycles. The van der Waals surface area contributed by atoms with Gasteiger partial charge in [0.15, 0.2) is 6.61 Å². The van der Waals surface area contributed by atoms with Crippen LogP contribution < -0.4 is 14.2 Å². The molecule has 4 aromatic rings. The Bertz CT molecular complexity index is 1660. The molecule has 2 fully saturated rings. The van der Waals surface area contributed by atoms with Crippen molar-refractivity contribution in [3.05, 3.63) is 102 Å². The second kappa shape index (κ2) is 17.8. The van der Waals surface area contributed by atoms with E-state index in [9.17, 15) is 18.0 Å². The highest BCUT2D eigenvalue weighted by Gasteiger charge is 2.43. The predicted molar refractivity (Wildman–Crippen MR) is 188 cm³/mol. The van der Waals surface area contributed by atoms with Crippen molar-refractivity contribution >= 4 is 30.7 Å². The normalized spacial score (nSPS) is 17.9. The van der Waals surface area contributed by atoms with Gasteiger partial charge in [0.25, 0.3) is 5.91 Å². The van der Waals surface area contributed by atoms with Gasteiger partial charge in [-0.2, -0.15) is 23.1 Å². The topological polar surface area (TPSA) is 106 Å². The van der Waals surface area contributed by atoms with Crippen LogP contribution in [0.25, 0.3) is 0 Å². The van der Waals surface area contributed by atoms with E-state index >= 15 is 0 Å². The lowest BCUT2D eigenvalue weighted by atomic mass is 9.81. The van der Waals surface area contributed by atoms with Crippen molar-refractivity contribution in [2.24, 2.45) is 0 Å². The number of fused-ring (bicyclic) bond motifs is 1. The van der Waals surface area contributed by atoms with Crippen molar-refractivity contribution < 1.29 is 32.2 Å². The van der Waals surface area contributed by atoms with E-state index in [1.807, 2.05) is 41.3 Å². The minimum Gasteiger partial charge on any atom is -0.481 e. The van der Waals surface area contributed by atoms with Gasteiger partial charge in [-0.25, -0.2) is 9.97 Å². The predicted octanol–water partition coefficient (Wildman–Crippen LogP) is 5.30. The van der Waals surface area contributed by atoms with Crippen LogP contribution in [-0.4, -0.2) is 112 Å². The highest BCUT2D eigenvalue weighted by molar-refractivity contribution is 5.93. The number of benzene rings is 2. The Balaban J connectivity index is 0.00000292. The van der Waals surface area contributed by atoms with Gasteiger partial charge in [0.05, 0.1) is 24.8 Å². The van der Waals surface area contributed by atoms with E-state index in [-0.39, 0.29) is 85.2 Å². The molecule has 11 nitrogen and oxygen atoms in total. The van der Waals surface area contributed by atoms with Gasteiger partial charge in [0, 0.05) is 69.7 Å². The highest BCUT2D eigenvalue weighted by Crippen LogP contribution is 2.38. The van der Waals surface area contributed by atoms with E-state index in [2.05, 4.69) is 54.0 Å². The lowest BCUT2D eigenvalue weighted by Crippen LogP contribution is -2.67. The van der Waals surface area contributed by atoms with E-state index < -0.39 is 12.8 Å². The number of nitrogens with zero attached hydrogens (tertiary/aromatic N) is 7. The van der Waals surface area contributed by atoms with Crippen LogP contribution >= 0.6 is 24.8 Å². The molecule has 2 atom stereocenters. The van der Waals surface area contributed by atoms with Crippen LogP contribution in [0.1, 0.15) is 39.9 Å². The average molecular weight is 751 g/mol. The maximum atomic E-state index is 13.5. The fraction of sp³-hybridized carbons (Fsp3) is 0.400. The van der Waals surface area contributed by atoms with Crippen molar-refractivity contribution in [1.29, 1.82) is 0 Å². The first-order valence-electron chi connectivity index (χ1n) is 16.1. The lowest BCUT2D eigenvalue weighted by Gasteiger charge is -2.53. The molecule has 0 bridgehead atoms. The molecule has 2 saturated heterocycles. The Labute approximate surface area is 307 Å². The summed E-state index contributed by atoms with van der Waals surface area (Å²) >= 11 is 0. The first kappa shape index (κ1) is 39.5. The molecule has 274 valence electrons. The third kappa shape index (κ3) is 9.56. The Morgan fingerprint density at radius 2 is 1.51 bits per heavy atom. The summed E-state index contributed by atoms with van der Waals surface area (Å²) in [4.78, 5) is 36.6. The van der Waals surface area contributed by atoms with Crippen molar-refractivity contribution in [2.45, 2.75) is 37.6 Å². The Morgan fingerprint density at radius 1 is 0.882 bits per heavy atom. The van der Waals surface area contributed by atoms with Crippen molar-refractivity contribution in [3.8, 4) is 17.8 Å². The SMILES string of the molecule is CCOc1nc(OC)c(CN2C[C@@H]3CN(C(=O)c4cncnc4)CCN3[C@H](C(c3ccccc3)c3ccccc3)C2)c(OCC(F)(F)F)n1.Cl.Cl. The largest absolute Gasteiger partial charge is 0.481 e. The minimum atomic E-state index is -4.58. The van der Waals surface area contributed by atoms with Crippen LogP contribution in [0.2, 0.25) is 0 Å². The summed E-state index contributed by atoms with van der Waals surface area (Å²) in [6.45, 7) is 3.19. The second-order valence-electron chi connectivity index (χ2n) is 12.0. The number of carbonyl (C=O) groups is 1. The number of amides is 1. The number of halogens is 5. The summed E-state index contributed by atoms with van der Waals surface area (Å²) in [7, 11) is 1.40. The monoisotopic (exact) mass is 749 g/mol. The third-order valence-corrected chi connectivity index (χ3v) is 8.80. The molecule has 0 spiro atoms. The van der Waals surface area contributed by atoms with E-state index in [0.717, 1.165) is 11.1 Å². The molecule has 0 saturated carbocycles. The molecule has 6 rings (SSSR count). The molecule has 0 N–H and O–H groups in total. The van der Waals surface area contributed by atoms with Gasteiger partial charge in [0.2, 0.25) is 11.8 Å². The molecular weight excluding hydrogens is 710 g/mol. The summed E-state index contributed by atoms with van der Waals surface area (Å²) in [6.07, 6.45) is -0.173. The minimum absolute atomic E-state index is 0. The standard InChI is InChI=1S/C35H38F3N7O4.2ClH/c1-3-48-34-41-31(47-2)28(32(42-34)49-22-35(36,37)38)20-43-18-27-19-44(33(46)26-16-39-23-40-17-26)14-15-45(27)29(21-43)30(24-10-6-4-7-11-24)25-12-8-5-9-13-25;;/h4-13,16-17,23,27,29-30H,3,14-15,18-22H2,1-2H3;2*1H/t27-,29+;;/m1../s1. The van der Waals surface area contributed by atoms with Crippen LogP contribution in [0.15, 0.2) is 79.4 Å². The highest BCUT2D eigenvalue weighted by atomic mass is 35.5. The fourth-order valence-electron chi connectivity index (χ4n) is 6.79. The zero-order valence-corrected chi connectivity index (χ0v) is 29.7. The van der Waals surface area contributed by atoms with E-state index in [4.69, 9.17) is 14.2 Å². The van der Waals surface area contributed by atoms with Crippen LogP contribution in [0.3, 0.4) is 0 Å². The van der Waals surface area contributed by atoms with Crippen molar-refractivity contribution in [1.82, 2.24) is 34.6 Å². The summed E-state index contributed by atoms with van der Waals surface area (Å²) in [5.74, 6) is -0.376. The van der Waals surface area contributed by atoms with Crippen molar-refractivity contribution in [3.63, 3.8) is 0 Å². The Hall–Kier alpha value is -4.24. The number of aromatic nitrogens is 4. The zero-order chi connectivity index (χ0) is 34.4. The van der Waals surface area contributed by atoms with E-state index in [1.54, 1.807) is 6.92 Å². The molecule has 2 aromatic carbocycles. The molecule has 2 aliphatic rings. The van der Waals surface area contributed by atoms with Gasteiger partial charge in [-0.1, -0.05) is 60.7 Å². The zero-order valence-electron chi connectivity index (χ0n) is 28.1. The number of carbonyl (C=O) groups excluding carboxylic acids is 1. The molecule has 1 amide bonds. The number of rotatable bonds is 11. The fourth-order valence-corrected chi connectivity index (χ4v) is 6.79. The van der Waals surface area contributed by atoms with E-state index in [0.29, 0.717) is 38.3 Å². The number of hydrogen-bond donors (Lipinski definition) is 0. The maximum absolute atomic E-state index is 13.5. The lowest BCUT2D eigenvalue weighted by molar-refractivity contribution is -0.154. The van der Waals surface area contributed by atoms with Crippen LogP contribution in [0.4, 0.5) is 13.2 Å². The summed E-state index contributed by atoms with van der Waals surface area (Å²) in [5, 5.41) is 0. The van der Waals surface area contributed by atoms with Gasteiger partial charge >= 0.3 is 12.2 Å². The maximum Gasteiger partial charge on any atom is 0.422 e. The molecule has 0 unspecified atom stereocenters. The molecule has 4 heterocycles. The van der Waals surface area contributed by atoms with Gasteiger partial charge in [-0.15, -0.1) is 24.8 Å². The van der Waals surface area contributed by atoms with E-state index in [1.165, 1.54) is 25.8 Å².